The molecule has 0 aliphatic heterocycles. The lowest BCUT2D eigenvalue weighted by molar-refractivity contribution is 0.390. The van der Waals surface area contributed by atoms with Crippen LogP contribution in [0.3, 0.4) is 0 Å². The number of hydrogen-bond acceptors (Lipinski definition) is 1. The van der Waals surface area contributed by atoms with Gasteiger partial charge < -0.3 is 0 Å². The molecule has 2 aliphatic rings. The van der Waals surface area contributed by atoms with E-state index in [0.29, 0.717) is 0 Å². The number of hydrogen-bond donors (Lipinski definition) is 2. The predicted octanol–water partition coefficient (Wildman–Crippen LogP) is 3.58. The summed E-state index contributed by atoms with van der Waals surface area (Å²) in [6, 6.07) is 0. The molecule has 0 nitrogen and oxygen atoms in total. The third-order valence-electron chi connectivity index (χ3n) is 3.14. The van der Waals surface area contributed by atoms with Crippen LogP contribution in [-0.2, 0) is 0 Å². The van der Waals surface area contributed by atoms with Crippen molar-refractivity contribution in [3.63, 3.8) is 0 Å². The minimum atomic E-state index is 0.143. The van der Waals surface area contributed by atoms with Gasteiger partial charge in [-0.3, -0.25) is 0 Å². The van der Waals surface area contributed by atoms with Crippen molar-refractivity contribution in [1.82, 2.24) is 0 Å². The van der Waals surface area contributed by atoms with Gasteiger partial charge in [-0.1, -0.05) is 19.3 Å². The van der Waals surface area contributed by atoms with Gasteiger partial charge in [-0.05, 0) is 42.6 Å². The van der Waals surface area contributed by atoms with E-state index < -0.39 is 0 Å². The Morgan fingerprint density at radius 2 is 1.67 bits per heavy atom. The molecule has 1 unspecified atom stereocenters. The molecule has 0 aromatic rings. The molecular weight excluding hydrogens is 184 g/mol. The second kappa shape index (κ2) is 4.28. The molecule has 2 aliphatic carbocycles. The van der Waals surface area contributed by atoms with Gasteiger partial charge in [0.15, 0.2) is 0 Å². The highest BCUT2D eigenvalue weighted by Gasteiger charge is 2.28. The Morgan fingerprint density at radius 3 is 2.25 bits per heavy atom. The summed E-state index contributed by atoms with van der Waals surface area (Å²) in [5.41, 5.74) is 0. The Kier molecular flexibility index (Phi) is 3.30. The van der Waals surface area contributed by atoms with Crippen LogP contribution in [0.15, 0.2) is 0 Å². The molecule has 0 radical (unpaired) electrons. The van der Waals surface area contributed by atoms with Gasteiger partial charge in [0, 0.05) is 0 Å². The Labute approximate surface area is 83.7 Å². The monoisotopic (exact) mass is 204 g/mol. The first-order chi connectivity index (χ1) is 5.86. The van der Waals surface area contributed by atoms with E-state index in [1.807, 2.05) is 0 Å². The normalized spacial score (nSPS) is 30.2. The van der Waals surface area contributed by atoms with Crippen molar-refractivity contribution in [2.75, 3.05) is 5.75 Å². The molecule has 12 heavy (non-hydrogen) atoms. The highest BCUT2D eigenvalue weighted by molar-refractivity contribution is 8.78. The van der Waals surface area contributed by atoms with Crippen molar-refractivity contribution < 1.29 is 0 Å². The van der Waals surface area contributed by atoms with Gasteiger partial charge in [0.2, 0.25) is 0 Å². The van der Waals surface area contributed by atoms with E-state index in [1.165, 1.54) is 50.7 Å². The van der Waals surface area contributed by atoms with Gasteiger partial charge in [-0.25, -0.2) is 9.93 Å². The van der Waals surface area contributed by atoms with Crippen molar-refractivity contribution in [3.8, 4) is 0 Å². The third-order valence-corrected chi connectivity index (χ3v) is 6.86. The van der Waals surface area contributed by atoms with Crippen LogP contribution in [0.5, 0.6) is 0 Å². The van der Waals surface area contributed by atoms with Gasteiger partial charge in [0.1, 0.15) is 0 Å². The molecule has 0 aromatic carbocycles. The second-order valence-corrected chi connectivity index (χ2v) is 7.87. The summed E-state index contributed by atoms with van der Waals surface area (Å²) in [5, 5.41) is 1.06. The molecule has 0 bridgehead atoms. The lowest BCUT2D eigenvalue weighted by atomic mass is 9.91. The maximum atomic E-state index is 4.76. The Hall–Kier alpha value is 0.700. The molecule has 0 saturated heterocycles. The van der Waals surface area contributed by atoms with E-state index in [-0.39, 0.29) is 9.93 Å². The van der Waals surface area contributed by atoms with E-state index in [9.17, 15) is 0 Å². The Morgan fingerprint density at radius 1 is 1.00 bits per heavy atom. The second-order valence-electron chi connectivity index (χ2n) is 4.36. The van der Waals surface area contributed by atoms with E-state index in [2.05, 4.69) is 0 Å². The summed E-state index contributed by atoms with van der Waals surface area (Å²) in [7, 11) is 0.143. The fourth-order valence-electron chi connectivity index (χ4n) is 2.16. The topological polar surface area (TPSA) is 0 Å². The molecule has 1 atom stereocenters. The summed E-state index contributed by atoms with van der Waals surface area (Å²) >= 11 is 4.76. The van der Waals surface area contributed by atoms with Crippen LogP contribution in [0.1, 0.15) is 44.9 Å². The molecule has 72 valence electrons. The maximum absolute atomic E-state index is 4.76. The van der Waals surface area contributed by atoms with Crippen LogP contribution in [0.4, 0.5) is 0 Å². The molecule has 0 spiro atoms. The predicted molar refractivity (Wildman–Crippen MR) is 62.4 cm³/mol. The number of thiol groups is 2. The zero-order valence-electron chi connectivity index (χ0n) is 7.71. The van der Waals surface area contributed by atoms with Crippen molar-refractivity contribution in [2.24, 2.45) is 5.92 Å². The summed E-state index contributed by atoms with van der Waals surface area (Å²) in [5.74, 6) is 2.53. The molecule has 0 amide bonds. The van der Waals surface area contributed by atoms with Crippen molar-refractivity contribution in [3.05, 3.63) is 0 Å². The average Bonchev–Trinajstić information content (AvgIpc) is 2.88. The molecule has 0 N–H and O–H groups in total. The van der Waals surface area contributed by atoms with Crippen LogP contribution >= 0.6 is 21.6 Å². The van der Waals surface area contributed by atoms with Crippen molar-refractivity contribution in [2.45, 2.75) is 50.2 Å². The van der Waals surface area contributed by atoms with E-state index in [4.69, 9.17) is 11.7 Å². The van der Waals surface area contributed by atoms with Gasteiger partial charge in [-0.15, -0.1) is 11.7 Å². The van der Waals surface area contributed by atoms with E-state index in [0.717, 1.165) is 11.2 Å². The van der Waals surface area contributed by atoms with Crippen LogP contribution in [0.2, 0.25) is 0 Å². The minimum Gasteiger partial charge on any atom is -0.205 e. The molecule has 0 aromatic heterocycles. The third kappa shape index (κ3) is 2.59. The minimum absolute atomic E-state index is 0.143. The summed E-state index contributed by atoms with van der Waals surface area (Å²) in [6.45, 7) is 0. The van der Waals surface area contributed by atoms with Gasteiger partial charge in [0.25, 0.3) is 0 Å². The summed E-state index contributed by atoms with van der Waals surface area (Å²) < 4.78 is 0. The first-order valence-electron chi connectivity index (χ1n) is 5.32. The summed E-state index contributed by atoms with van der Waals surface area (Å²) in [4.78, 5) is 0. The van der Waals surface area contributed by atoms with Crippen molar-refractivity contribution >= 4 is 21.6 Å². The molecular formula is C10H20S2. The van der Waals surface area contributed by atoms with Gasteiger partial charge in [0.05, 0.1) is 0 Å². The fraction of sp³-hybridized carbons (Fsp3) is 1.00. The molecule has 2 saturated carbocycles. The largest absolute Gasteiger partial charge is 0.205 e. The average molecular weight is 204 g/mol. The van der Waals surface area contributed by atoms with Crippen molar-refractivity contribution in [1.29, 1.82) is 0 Å². The van der Waals surface area contributed by atoms with E-state index in [1.54, 1.807) is 0 Å². The lowest BCUT2D eigenvalue weighted by Gasteiger charge is -2.25. The van der Waals surface area contributed by atoms with Gasteiger partial charge >= 0.3 is 0 Å². The zero-order valence-corrected chi connectivity index (χ0v) is 9.49. The standard InChI is InChI=1S/C10H20S2/c11-12(10-6-7-10)8-9-4-2-1-3-5-9/h9-12H,1-8H2. The molecule has 2 fully saturated rings. The first kappa shape index (κ1) is 9.26. The SMILES string of the molecule is S[SH](CC1CCCCC1)C1CC1. The highest BCUT2D eigenvalue weighted by atomic mass is 33.1. The van der Waals surface area contributed by atoms with Crippen LogP contribution < -0.4 is 0 Å². The maximum Gasteiger partial charge on any atom is -0.00539 e. The van der Waals surface area contributed by atoms with Gasteiger partial charge in [-0.2, -0.15) is 0 Å². The van der Waals surface area contributed by atoms with Crippen LogP contribution in [0.25, 0.3) is 0 Å². The molecule has 0 heterocycles. The first-order valence-corrected chi connectivity index (χ1v) is 8.06. The van der Waals surface area contributed by atoms with Crippen LogP contribution in [-0.4, -0.2) is 11.0 Å². The highest BCUT2D eigenvalue weighted by Crippen LogP contribution is 2.51. The zero-order chi connectivity index (χ0) is 8.39. The Bertz CT molecular complexity index is 137. The lowest BCUT2D eigenvalue weighted by Crippen LogP contribution is -2.10. The molecule has 2 heteroatoms. The van der Waals surface area contributed by atoms with E-state index >= 15 is 0 Å². The number of rotatable bonds is 3. The Balaban J connectivity index is 1.69. The van der Waals surface area contributed by atoms with Crippen LogP contribution in [0, 0.1) is 5.92 Å². The fourth-order valence-corrected chi connectivity index (χ4v) is 5.48. The smallest absolute Gasteiger partial charge is 0.00539 e. The summed E-state index contributed by atoms with van der Waals surface area (Å²) in [6.07, 6.45) is 10.5. The molecule has 2 rings (SSSR count). The quantitative estimate of drug-likeness (QED) is 0.509.